The summed E-state index contributed by atoms with van der Waals surface area (Å²) in [5.74, 6) is 1.31. The number of anilines is 3. The molecule has 1 aliphatic carbocycles. The largest absolute Gasteiger partial charge is 0.393 e. The lowest BCUT2D eigenvalue weighted by Gasteiger charge is -2.28. The Hall–Kier alpha value is -2.36. The summed E-state index contributed by atoms with van der Waals surface area (Å²) in [6.45, 7) is 9.52. The van der Waals surface area contributed by atoms with E-state index in [-0.39, 0.29) is 17.6 Å². The molecule has 3 aromatic heterocycles. The van der Waals surface area contributed by atoms with Gasteiger partial charge in [-0.1, -0.05) is 32.1 Å². The number of hydrogen-bond donors (Lipinski definition) is 4. The van der Waals surface area contributed by atoms with Gasteiger partial charge in [0.15, 0.2) is 5.13 Å². The van der Waals surface area contributed by atoms with Gasteiger partial charge < -0.3 is 21.1 Å². The minimum Gasteiger partial charge on any atom is -0.393 e. The van der Waals surface area contributed by atoms with Gasteiger partial charge in [-0.25, -0.2) is 15.0 Å². The van der Waals surface area contributed by atoms with Gasteiger partial charge in [0.25, 0.3) is 0 Å². The highest BCUT2D eigenvalue weighted by atomic mass is 32.1. The predicted octanol–water partition coefficient (Wildman–Crippen LogP) is 4.46. The Kier molecular flexibility index (Phi) is 6.88. The number of nitrogens with one attached hydrogen (secondary N) is 3. The van der Waals surface area contributed by atoms with E-state index < -0.39 is 0 Å². The SMILES string of the molecule is CC(NCc1cc(Nc2nc3cccnc3s2)nc(N[C@H]2CC[C@H](O)CC2)n1)C(C)(C)C. The van der Waals surface area contributed by atoms with E-state index in [9.17, 15) is 5.11 Å². The molecule has 4 rings (SSSR count). The zero-order valence-corrected chi connectivity index (χ0v) is 20.0. The van der Waals surface area contributed by atoms with Crippen molar-refractivity contribution in [1.82, 2.24) is 25.3 Å². The van der Waals surface area contributed by atoms with Gasteiger partial charge in [-0.15, -0.1) is 0 Å². The summed E-state index contributed by atoms with van der Waals surface area (Å²) in [5.41, 5.74) is 1.94. The van der Waals surface area contributed by atoms with Crippen molar-refractivity contribution in [3.63, 3.8) is 0 Å². The van der Waals surface area contributed by atoms with Crippen molar-refractivity contribution in [2.75, 3.05) is 10.6 Å². The van der Waals surface area contributed by atoms with Crippen LogP contribution in [0.1, 0.15) is 59.1 Å². The number of nitrogens with zero attached hydrogens (tertiary/aromatic N) is 4. The smallest absolute Gasteiger partial charge is 0.225 e. The zero-order chi connectivity index (χ0) is 22.7. The van der Waals surface area contributed by atoms with Gasteiger partial charge in [0.2, 0.25) is 5.95 Å². The molecule has 0 spiro atoms. The van der Waals surface area contributed by atoms with Crippen LogP contribution in [0.15, 0.2) is 24.4 Å². The van der Waals surface area contributed by atoms with Gasteiger partial charge in [-0.05, 0) is 50.2 Å². The van der Waals surface area contributed by atoms with Crippen molar-refractivity contribution < 1.29 is 5.11 Å². The molecule has 0 aromatic carbocycles. The number of aliphatic hydroxyl groups is 1. The van der Waals surface area contributed by atoms with E-state index in [0.717, 1.165) is 46.9 Å². The van der Waals surface area contributed by atoms with Crippen molar-refractivity contribution in [1.29, 1.82) is 0 Å². The molecule has 1 unspecified atom stereocenters. The predicted molar refractivity (Wildman–Crippen MR) is 130 cm³/mol. The maximum absolute atomic E-state index is 9.80. The number of hydrogen-bond acceptors (Lipinski definition) is 9. The first-order chi connectivity index (χ1) is 15.3. The third-order valence-electron chi connectivity index (χ3n) is 6.10. The van der Waals surface area contributed by atoms with E-state index in [1.165, 1.54) is 11.3 Å². The first-order valence-electron chi connectivity index (χ1n) is 11.3. The Morgan fingerprint density at radius 3 is 2.66 bits per heavy atom. The summed E-state index contributed by atoms with van der Waals surface area (Å²) in [6.07, 6.45) is 5.05. The number of aliphatic hydroxyl groups excluding tert-OH is 1. The Labute approximate surface area is 193 Å². The molecule has 0 bridgehead atoms. The summed E-state index contributed by atoms with van der Waals surface area (Å²) < 4.78 is 0. The van der Waals surface area contributed by atoms with E-state index >= 15 is 0 Å². The monoisotopic (exact) mass is 455 g/mol. The molecule has 4 N–H and O–H groups in total. The molecule has 9 heteroatoms. The third kappa shape index (κ3) is 5.90. The molecule has 32 heavy (non-hydrogen) atoms. The van der Waals surface area contributed by atoms with Crippen LogP contribution in [-0.2, 0) is 6.54 Å². The molecular formula is C23H33N7OS. The van der Waals surface area contributed by atoms with E-state index in [4.69, 9.17) is 9.97 Å². The molecule has 1 aliphatic rings. The van der Waals surface area contributed by atoms with Gasteiger partial charge in [0.05, 0.1) is 11.8 Å². The highest BCUT2D eigenvalue weighted by Gasteiger charge is 2.22. The van der Waals surface area contributed by atoms with Crippen LogP contribution in [0.2, 0.25) is 0 Å². The molecule has 1 saturated carbocycles. The maximum atomic E-state index is 9.80. The minimum atomic E-state index is -0.187. The lowest BCUT2D eigenvalue weighted by atomic mass is 9.88. The second-order valence-corrected chi connectivity index (χ2v) is 10.6. The molecule has 0 aliphatic heterocycles. The van der Waals surface area contributed by atoms with Crippen molar-refractivity contribution in [3.05, 3.63) is 30.1 Å². The molecule has 0 saturated heterocycles. The van der Waals surface area contributed by atoms with Gasteiger partial charge in [-0.2, -0.15) is 4.98 Å². The highest BCUT2D eigenvalue weighted by molar-refractivity contribution is 7.21. The standard InChI is InChI=1S/C23H33N7OS/c1-14(23(2,3)4)25-13-16-12-19(30-22-28-18-6-5-11-24-20(18)32-22)29-21(27-16)26-15-7-9-17(31)10-8-15/h5-6,11-12,14-15,17,25,31H,7-10,13H2,1-4H3,(H2,26,27,28,29,30)/t14?,15-,17-. The van der Waals surface area contributed by atoms with Crippen LogP contribution in [0.25, 0.3) is 10.3 Å². The third-order valence-corrected chi connectivity index (χ3v) is 6.99. The summed E-state index contributed by atoms with van der Waals surface area (Å²) in [7, 11) is 0. The number of fused-ring (bicyclic) bond motifs is 1. The average molecular weight is 456 g/mol. The summed E-state index contributed by atoms with van der Waals surface area (Å²) in [5, 5.41) is 21.0. The van der Waals surface area contributed by atoms with Crippen LogP contribution in [0.3, 0.4) is 0 Å². The van der Waals surface area contributed by atoms with Crippen LogP contribution >= 0.6 is 11.3 Å². The van der Waals surface area contributed by atoms with Crippen molar-refractivity contribution in [2.24, 2.45) is 5.41 Å². The number of rotatable bonds is 7. The molecule has 3 aromatic rings. The quantitative estimate of drug-likeness (QED) is 0.413. The van der Waals surface area contributed by atoms with Gasteiger partial charge in [0.1, 0.15) is 16.2 Å². The molecule has 1 fully saturated rings. The number of thiazole rings is 1. The Morgan fingerprint density at radius 1 is 1.16 bits per heavy atom. The number of aromatic nitrogens is 4. The van der Waals surface area contributed by atoms with Crippen LogP contribution in [-0.4, -0.2) is 43.2 Å². The molecule has 1 atom stereocenters. The second kappa shape index (κ2) is 9.64. The van der Waals surface area contributed by atoms with Crippen LogP contribution in [0.5, 0.6) is 0 Å². The zero-order valence-electron chi connectivity index (χ0n) is 19.2. The van der Waals surface area contributed by atoms with Gasteiger partial charge in [0, 0.05) is 30.9 Å². The van der Waals surface area contributed by atoms with Crippen LogP contribution in [0.4, 0.5) is 16.9 Å². The molecule has 8 nitrogen and oxygen atoms in total. The fourth-order valence-corrected chi connectivity index (χ4v) is 4.43. The van der Waals surface area contributed by atoms with E-state index in [1.54, 1.807) is 6.20 Å². The number of pyridine rings is 1. The normalized spacial score (nSPS) is 20.3. The highest BCUT2D eigenvalue weighted by Crippen LogP contribution is 2.27. The maximum Gasteiger partial charge on any atom is 0.225 e. The molecular weight excluding hydrogens is 422 g/mol. The Balaban J connectivity index is 1.54. The fraction of sp³-hybridized carbons (Fsp3) is 0.565. The average Bonchev–Trinajstić information content (AvgIpc) is 3.15. The van der Waals surface area contributed by atoms with Gasteiger partial charge >= 0.3 is 0 Å². The molecule has 0 amide bonds. The van der Waals surface area contributed by atoms with Crippen LogP contribution in [0, 0.1) is 5.41 Å². The topological polar surface area (TPSA) is 108 Å². The second-order valence-electron chi connectivity index (χ2n) is 9.66. The fourth-order valence-electron chi connectivity index (χ4n) is 3.62. The lowest BCUT2D eigenvalue weighted by Crippen LogP contribution is -2.37. The molecule has 0 radical (unpaired) electrons. The van der Waals surface area contributed by atoms with Crippen molar-refractivity contribution >= 4 is 38.6 Å². The molecule has 3 heterocycles. The molecule has 172 valence electrons. The van der Waals surface area contributed by atoms with E-state index in [1.807, 2.05) is 18.2 Å². The van der Waals surface area contributed by atoms with Crippen LogP contribution < -0.4 is 16.0 Å². The van der Waals surface area contributed by atoms with Crippen molar-refractivity contribution in [2.45, 2.75) is 78.1 Å². The van der Waals surface area contributed by atoms with E-state index in [2.05, 4.69) is 53.6 Å². The van der Waals surface area contributed by atoms with Gasteiger partial charge in [-0.3, -0.25) is 0 Å². The first kappa shape index (κ1) is 22.8. The summed E-state index contributed by atoms with van der Waals surface area (Å²) in [4.78, 5) is 19.4. The minimum absolute atomic E-state index is 0.159. The van der Waals surface area contributed by atoms with Crippen molar-refractivity contribution in [3.8, 4) is 0 Å². The summed E-state index contributed by atoms with van der Waals surface area (Å²) in [6, 6.07) is 6.42. The Morgan fingerprint density at radius 2 is 1.94 bits per heavy atom. The summed E-state index contributed by atoms with van der Waals surface area (Å²) >= 11 is 1.50. The lowest BCUT2D eigenvalue weighted by molar-refractivity contribution is 0.126. The first-order valence-corrected chi connectivity index (χ1v) is 12.1. The Bertz CT molecular complexity index is 1010. The van der Waals surface area contributed by atoms with E-state index in [0.29, 0.717) is 24.4 Å².